The van der Waals surface area contributed by atoms with Crippen LogP contribution in [0.1, 0.15) is 22.4 Å². The van der Waals surface area contributed by atoms with Crippen molar-refractivity contribution in [3.05, 3.63) is 81.3 Å². The predicted molar refractivity (Wildman–Crippen MR) is 91.8 cm³/mol. The first-order chi connectivity index (χ1) is 11.1. The zero-order valence-corrected chi connectivity index (χ0v) is 12.9. The summed E-state index contributed by atoms with van der Waals surface area (Å²) in [5, 5.41) is 15.6. The van der Waals surface area contributed by atoms with Gasteiger partial charge in [-0.1, -0.05) is 42.5 Å². The van der Waals surface area contributed by atoms with Crippen molar-refractivity contribution >= 4 is 17.0 Å². The highest BCUT2D eigenvalue weighted by molar-refractivity contribution is 5.99. The third kappa shape index (κ3) is 2.65. The number of fused-ring (bicyclic) bond motifs is 1. The highest BCUT2D eigenvalue weighted by Gasteiger charge is 2.09. The molecule has 0 saturated carbocycles. The first kappa shape index (κ1) is 14.7. The van der Waals surface area contributed by atoms with E-state index in [4.69, 9.17) is 5.26 Å². The molecule has 4 nitrogen and oxygen atoms in total. The van der Waals surface area contributed by atoms with Gasteiger partial charge in [0.25, 0.3) is 5.56 Å². The predicted octanol–water partition coefficient (Wildman–Crippen LogP) is 3.37. The molecule has 0 fully saturated rings. The van der Waals surface area contributed by atoms with E-state index < -0.39 is 0 Å². The van der Waals surface area contributed by atoms with E-state index in [1.165, 1.54) is 4.68 Å². The summed E-state index contributed by atoms with van der Waals surface area (Å²) < 4.78 is 1.27. The van der Waals surface area contributed by atoms with Crippen LogP contribution < -0.4 is 5.56 Å². The van der Waals surface area contributed by atoms with Gasteiger partial charge in [-0.25, -0.2) is 4.68 Å². The molecule has 0 unspecified atom stereocenters. The molecule has 0 amide bonds. The SMILES string of the molecule is Cc1cc(C)n(N=Cc2cccc3ccccc23)c(=O)c1C#N. The van der Waals surface area contributed by atoms with E-state index in [0.29, 0.717) is 11.3 Å². The molecule has 1 aromatic heterocycles. The number of nitriles is 1. The Morgan fingerprint density at radius 3 is 2.65 bits per heavy atom. The molecule has 3 aromatic rings. The Morgan fingerprint density at radius 2 is 1.87 bits per heavy atom. The summed E-state index contributed by atoms with van der Waals surface area (Å²) in [4.78, 5) is 12.4. The fraction of sp³-hybridized carbons (Fsp3) is 0.105. The second kappa shape index (κ2) is 5.90. The molecule has 2 aromatic carbocycles. The lowest BCUT2D eigenvalue weighted by atomic mass is 10.1. The Kier molecular flexibility index (Phi) is 3.78. The fourth-order valence-electron chi connectivity index (χ4n) is 2.64. The van der Waals surface area contributed by atoms with Gasteiger partial charge < -0.3 is 0 Å². The Hall–Kier alpha value is -3.19. The van der Waals surface area contributed by atoms with Gasteiger partial charge in [0.05, 0.1) is 6.21 Å². The summed E-state index contributed by atoms with van der Waals surface area (Å²) in [5.74, 6) is 0. The van der Waals surface area contributed by atoms with Gasteiger partial charge in [-0.3, -0.25) is 4.79 Å². The maximum absolute atomic E-state index is 12.4. The molecule has 0 N–H and O–H groups in total. The van der Waals surface area contributed by atoms with Crippen molar-refractivity contribution in [2.45, 2.75) is 13.8 Å². The van der Waals surface area contributed by atoms with Crippen molar-refractivity contribution in [2.24, 2.45) is 5.10 Å². The van der Waals surface area contributed by atoms with E-state index in [1.54, 1.807) is 26.1 Å². The van der Waals surface area contributed by atoms with Crippen LogP contribution in [0, 0.1) is 25.2 Å². The van der Waals surface area contributed by atoms with Crippen LogP contribution >= 0.6 is 0 Å². The van der Waals surface area contributed by atoms with Crippen LogP contribution in [0.3, 0.4) is 0 Å². The van der Waals surface area contributed by atoms with E-state index in [1.807, 2.05) is 48.5 Å². The number of hydrogen-bond donors (Lipinski definition) is 0. The Balaban J connectivity index is 2.14. The first-order valence-corrected chi connectivity index (χ1v) is 7.27. The van der Waals surface area contributed by atoms with Crippen LogP contribution in [-0.2, 0) is 0 Å². The molecule has 0 bridgehead atoms. The second-order valence-corrected chi connectivity index (χ2v) is 5.39. The highest BCUT2D eigenvalue weighted by Crippen LogP contribution is 2.17. The molecule has 4 heteroatoms. The largest absolute Gasteiger partial charge is 0.289 e. The molecule has 0 aliphatic rings. The van der Waals surface area contributed by atoms with Crippen molar-refractivity contribution in [3.63, 3.8) is 0 Å². The molecule has 0 radical (unpaired) electrons. The van der Waals surface area contributed by atoms with Crippen LogP contribution in [0.25, 0.3) is 10.8 Å². The van der Waals surface area contributed by atoms with Gasteiger partial charge in [0.15, 0.2) is 0 Å². The lowest BCUT2D eigenvalue weighted by molar-refractivity contribution is 0.787. The lowest BCUT2D eigenvalue weighted by Gasteiger charge is -2.07. The second-order valence-electron chi connectivity index (χ2n) is 5.39. The van der Waals surface area contributed by atoms with E-state index in [9.17, 15) is 4.79 Å². The van der Waals surface area contributed by atoms with E-state index in [0.717, 1.165) is 16.3 Å². The van der Waals surface area contributed by atoms with Gasteiger partial charge in [-0.15, -0.1) is 0 Å². The van der Waals surface area contributed by atoms with E-state index in [-0.39, 0.29) is 11.1 Å². The smallest absolute Gasteiger partial charge is 0.266 e. The van der Waals surface area contributed by atoms with E-state index >= 15 is 0 Å². The van der Waals surface area contributed by atoms with Gasteiger partial charge in [-0.2, -0.15) is 10.4 Å². The van der Waals surface area contributed by atoms with Crippen molar-refractivity contribution in [1.29, 1.82) is 5.26 Å². The fourth-order valence-corrected chi connectivity index (χ4v) is 2.64. The maximum Gasteiger partial charge on any atom is 0.289 e. The third-order valence-corrected chi connectivity index (χ3v) is 3.81. The minimum atomic E-state index is -0.388. The standard InChI is InChI=1S/C19H15N3O/c1-13-10-14(2)22(19(23)18(13)11-20)21-12-16-8-5-7-15-6-3-4-9-17(15)16/h3-10,12H,1-2H3. The molecule has 0 atom stereocenters. The molecule has 0 spiro atoms. The number of rotatable bonds is 2. The summed E-state index contributed by atoms with van der Waals surface area (Å²) in [6.07, 6.45) is 1.66. The van der Waals surface area contributed by atoms with Gasteiger partial charge in [0.2, 0.25) is 0 Å². The van der Waals surface area contributed by atoms with Gasteiger partial charge in [0, 0.05) is 11.3 Å². The van der Waals surface area contributed by atoms with Crippen LogP contribution in [0.5, 0.6) is 0 Å². The lowest BCUT2D eigenvalue weighted by Crippen LogP contribution is -2.22. The monoisotopic (exact) mass is 301 g/mol. The molecule has 0 aliphatic carbocycles. The van der Waals surface area contributed by atoms with Crippen molar-refractivity contribution in [2.75, 3.05) is 0 Å². The maximum atomic E-state index is 12.4. The Bertz CT molecular complexity index is 1020. The number of nitrogens with zero attached hydrogens (tertiary/aromatic N) is 3. The van der Waals surface area contributed by atoms with Crippen LogP contribution in [0.15, 0.2) is 58.4 Å². The summed E-state index contributed by atoms with van der Waals surface area (Å²) >= 11 is 0. The normalized spacial score (nSPS) is 11.0. The summed E-state index contributed by atoms with van der Waals surface area (Å²) in [7, 11) is 0. The van der Waals surface area contributed by atoms with Crippen LogP contribution in [0.2, 0.25) is 0 Å². The molecule has 23 heavy (non-hydrogen) atoms. The zero-order valence-electron chi connectivity index (χ0n) is 12.9. The van der Waals surface area contributed by atoms with Crippen molar-refractivity contribution in [1.82, 2.24) is 4.68 Å². The quantitative estimate of drug-likeness (QED) is 0.681. The first-order valence-electron chi connectivity index (χ1n) is 7.27. The molecule has 3 rings (SSSR count). The molecular weight excluding hydrogens is 286 g/mol. The molecule has 0 saturated heterocycles. The third-order valence-electron chi connectivity index (χ3n) is 3.81. The Labute approximate surface area is 133 Å². The minimum Gasteiger partial charge on any atom is -0.266 e. The zero-order chi connectivity index (χ0) is 16.4. The minimum absolute atomic E-state index is 0.130. The van der Waals surface area contributed by atoms with Gasteiger partial charge in [-0.05, 0) is 36.2 Å². The van der Waals surface area contributed by atoms with Gasteiger partial charge in [0.1, 0.15) is 11.6 Å². The van der Waals surface area contributed by atoms with Crippen molar-refractivity contribution in [3.8, 4) is 6.07 Å². The van der Waals surface area contributed by atoms with E-state index in [2.05, 4.69) is 5.10 Å². The average molecular weight is 301 g/mol. The Morgan fingerprint density at radius 1 is 1.13 bits per heavy atom. The average Bonchev–Trinajstić information content (AvgIpc) is 2.55. The summed E-state index contributed by atoms with van der Waals surface area (Å²) in [6, 6.07) is 17.7. The number of benzene rings is 2. The molecule has 0 aliphatic heterocycles. The van der Waals surface area contributed by atoms with Gasteiger partial charge >= 0.3 is 0 Å². The number of pyridine rings is 1. The number of aryl methyl sites for hydroxylation is 2. The number of aromatic nitrogens is 1. The van der Waals surface area contributed by atoms with Crippen LogP contribution in [-0.4, -0.2) is 10.9 Å². The summed E-state index contributed by atoms with van der Waals surface area (Å²) in [6.45, 7) is 3.56. The number of hydrogen-bond acceptors (Lipinski definition) is 3. The van der Waals surface area contributed by atoms with Crippen LogP contribution in [0.4, 0.5) is 0 Å². The topological polar surface area (TPSA) is 58.1 Å². The summed E-state index contributed by atoms with van der Waals surface area (Å²) in [5.41, 5.74) is 2.04. The molecule has 1 heterocycles. The highest BCUT2D eigenvalue weighted by atomic mass is 16.1. The van der Waals surface area contributed by atoms with Crippen molar-refractivity contribution < 1.29 is 0 Å². The molecular formula is C19H15N3O. The molecule has 112 valence electrons.